The van der Waals surface area contributed by atoms with Crippen molar-refractivity contribution < 1.29 is 9.53 Å². The number of benzene rings is 1. The third-order valence-corrected chi connectivity index (χ3v) is 4.92. The van der Waals surface area contributed by atoms with Crippen LogP contribution in [0.3, 0.4) is 0 Å². The monoisotopic (exact) mass is 301 g/mol. The molecule has 0 aromatic heterocycles. The molecule has 1 saturated carbocycles. The highest BCUT2D eigenvalue weighted by Gasteiger charge is 2.26. The van der Waals surface area contributed by atoms with E-state index < -0.39 is 0 Å². The van der Waals surface area contributed by atoms with E-state index in [1.54, 1.807) is 0 Å². The Balaban J connectivity index is 1.55. The number of ketones is 1. The van der Waals surface area contributed by atoms with Crippen LogP contribution in [0.5, 0.6) is 5.75 Å². The Morgan fingerprint density at radius 1 is 1.18 bits per heavy atom. The van der Waals surface area contributed by atoms with Gasteiger partial charge in [0.2, 0.25) is 0 Å². The molecule has 3 rings (SSSR count). The van der Waals surface area contributed by atoms with Crippen molar-refractivity contribution in [1.82, 2.24) is 4.90 Å². The maximum atomic E-state index is 12.2. The number of rotatable bonds is 6. The lowest BCUT2D eigenvalue weighted by molar-refractivity contribution is 0.0853. The number of nitrogens with zero attached hydrogens (tertiary/aromatic N) is 1. The molecule has 1 saturated heterocycles. The Morgan fingerprint density at radius 2 is 1.95 bits per heavy atom. The number of carbonyl (C=O) groups excluding carboxylic acids is 1. The Bertz CT molecular complexity index is 491. The molecule has 1 aliphatic heterocycles. The summed E-state index contributed by atoms with van der Waals surface area (Å²) in [6.07, 6.45) is 7.15. The van der Waals surface area contributed by atoms with Gasteiger partial charge in [-0.3, -0.25) is 9.69 Å². The Hall–Kier alpha value is -1.35. The van der Waals surface area contributed by atoms with Crippen molar-refractivity contribution in [3.05, 3.63) is 29.8 Å². The number of ether oxygens (including phenoxy) is 1. The maximum Gasteiger partial charge on any atom is 0.165 e. The van der Waals surface area contributed by atoms with Crippen LogP contribution in [-0.4, -0.2) is 36.4 Å². The molecule has 1 aromatic rings. The molecule has 0 radical (unpaired) electrons. The molecular formula is C19H27NO2. The van der Waals surface area contributed by atoms with Crippen LogP contribution in [-0.2, 0) is 0 Å². The third kappa shape index (κ3) is 3.70. The second-order valence-electron chi connectivity index (χ2n) is 6.70. The molecule has 22 heavy (non-hydrogen) atoms. The summed E-state index contributed by atoms with van der Waals surface area (Å²) in [7, 11) is 0. The van der Waals surface area contributed by atoms with Gasteiger partial charge < -0.3 is 4.74 Å². The molecule has 0 amide bonds. The molecule has 3 heteroatoms. The Morgan fingerprint density at radius 3 is 2.59 bits per heavy atom. The summed E-state index contributed by atoms with van der Waals surface area (Å²) in [5.41, 5.74) is 0.841. The first kappa shape index (κ1) is 15.5. The molecule has 1 atom stereocenters. The van der Waals surface area contributed by atoms with Crippen LogP contribution >= 0.6 is 0 Å². The minimum atomic E-state index is 0.271. The third-order valence-electron chi connectivity index (χ3n) is 4.92. The maximum absolute atomic E-state index is 12.2. The second kappa shape index (κ2) is 7.28. The van der Waals surface area contributed by atoms with Crippen molar-refractivity contribution in [2.24, 2.45) is 5.92 Å². The first-order chi connectivity index (χ1) is 10.8. The van der Waals surface area contributed by atoms with Crippen LogP contribution in [0.25, 0.3) is 0 Å². The van der Waals surface area contributed by atoms with Crippen molar-refractivity contribution in [3.8, 4) is 5.75 Å². The lowest BCUT2D eigenvalue weighted by atomic mass is 9.80. The average molecular weight is 301 g/mol. The molecule has 1 heterocycles. The summed E-state index contributed by atoms with van der Waals surface area (Å²) in [5, 5.41) is 0. The largest absolute Gasteiger partial charge is 0.489 e. The molecule has 0 N–H and O–H groups in total. The van der Waals surface area contributed by atoms with Crippen molar-refractivity contribution in [3.63, 3.8) is 0 Å². The van der Waals surface area contributed by atoms with Gasteiger partial charge in [0.05, 0.1) is 0 Å². The quantitative estimate of drug-likeness (QED) is 0.746. The zero-order chi connectivity index (χ0) is 15.4. The number of hydrogen-bond donors (Lipinski definition) is 0. The van der Waals surface area contributed by atoms with Gasteiger partial charge in [0.25, 0.3) is 0 Å². The molecule has 3 nitrogen and oxygen atoms in total. The summed E-state index contributed by atoms with van der Waals surface area (Å²) in [5.74, 6) is 1.48. The van der Waals surface area contributed by atoms with Crippen LogP contribution in [0.15, 0.2) is 24.3 Å². The van der Waals surface area contributed by atoms with Crippen molar-refractivity contribution in [1.29, 1.82) is 0 Å². The van der Waals surface area contributed by atoms with Gasteiger partial charge in [-0.05, 0) is 69.5 Å². The van der Waals surface area contributed by atoms with Gasteiger partial charge in [-0.15, -0.1) is 0 Å². The van der Waals surface area contributed by atoms with Gasteiger partial charge in [0.1, 0.15) is 11.9 Å². The smallest absolute Gasteiger partial charge is 0.165 e. The molecule has 2 fully saturated rings. The molecular weight excluding hydrogens is 274 g/mol. The van der Waals surface area contributed by atoms with Gasteiger partial charge in [-0.2, -0.15) is 0 Å². The zero-order valence-corrected chi connectivity index (χ0v) is 13.6. The Labute approximate surface area is 133 Å². The zero-order valence-electron chi connectivity index (χ0n) is 13.6. The van der Waals surface area contributed by atoms with E-state index in [9.17, 15) is 4.79 Å². The molecule has 1 aliphatic carbocycles. The first-order valence-corrected chi connectivity index (χ1v) is 8.79. The van der Waals surface area contributed by atoms with Crippen LogP contribution < -0.4 is 4.74 Å². The van der Waals surface area contributed by atoms with E-state index in [4.69, 9.17) is 4.74 Å². The van der Waals surface area contributed by atoms with E-state index in [2.05, 4.69) is 11.8 Å². The van der Waals surface area contributed by atoms with E-state index >= 15 is 0 Å². The van der Waals surface area contributed by atoms with E-state index in [-0.39, 0.29) is 12.0 Å². The van der Waals surface area contributed by atoms with Crippen molar-refractivity contribution >= 4 is 5.78 Å². The number of carbonyl (C=O) groups is 1. The van der Waals surface area contributed by atoms with Crippen LogP contribution in [0.4, 0.5) is 0 Å². The fourth-order valence-corrected chi connectivity index (χ4v) is 3.42. The summed E-state index contributed by atoms with van der Waals surface area (Å²) >= 11 is 0. The van der Waals surface area contributed by atoms with Crippen LogP contribution in [0.1, 0.15) is 55.8 Å². The van der Waals surface area contributed by atoms with E-state index in [1.165, 1.54) is 25.8 Å². The highest BCUT2D eigenvalue weighted by atomic mass is 16.5. The van der Waals surface area contributed by atoms with Gasteiger partial charge in [0.15, 0.2) is 5.78 Å². The predicted molar refractivity (Wildman–Crippen MR) is 88.5 cm³/mol. The molecule has 0 spiro atoms. The fraction of sp³-hybridized carbons (Fsp3) is 0.632. The molecule has 1 unspecified atom stereocenters. The summed E-state index contributed by atoms with van der Waals surface area (Å²) in [6.45, 7) is 5.61. The summed E-state index contributed by atoms with van der Waals surface area (Å²) in [6, 6.07) is 7.79. The molecule has 120 valence electrons. The molecule has 1 aromatic carbocycles. The summed E-state index contributed by atoms with van der Waals surface area (Å²) < 4.78 is 6.11. The minimum absolute atomic E-state index is 0.271. The molecule has 0 bridgehead atoms. The lowest BCUT2D eigenvalue weighted by Gasteiger charge is -2.32. The Kier molecular flexibility index (Phi) is 5.14. The fourth-order valence-electron chi connectivity index (χ4n) is 3.42. The highest BCUT2D eigenvalue weighted by molar-refractivity contribution is 5.98. The summed E-state index contributed by atoms with van der Waals surface area (Å²) in [4.78, 5) is 14.7. The van der Waals surface area contributed by atoms with Gasteiger partial charge in [0, 0.05) is 18.0 Å². The van der Waals surface area contributed by atoms with Crippen molar-refractivity contribution in [2.75, 3.05) is 19.6 Å². The number of hydrogen-bond acceptors (Lipinski definition) is 3. The molecule has 2 aliphatic rings. The highest BCUT2D eigenvalue weighted by Crippen LogP contribution is 2.30. The van der Waals surface area contributed by atoms with E-state index in [1.807, 2.05) is 24.3 Å². The predicted octanol–water partition coefficient (Wildman–Crippen LogP) is 3.92. The van der Waals surface area contributed by atoms with Gasteiger partial charge in [-0.25, -0.2) is 0 Å². The van der Waals surface area contributed by atoms with Gasteiger partial charge >= 0.3 is 0 Å². The standard InChI is InChI=1S/C19H27NO2/c1-2-12-20-13-4-7-18(14-20)22-17-10-8-16(9-11-17)19(21)15-5-3-6-15/h8-11,15,18H,2-7,12-14H2,1H3. The topological polar surface area (TPSA) is 29.5 Å². The van der Waals surface area contributed by atoms with Gasteiger partial charge in [-0.1, -0.05) is 13.3 Å². The second-order valence-corrected chi connectivity index (χ2v) is 6.70. The number of Topliss-reactive ketones (excluding diaryl/α,β-unsaturated/α-hetero) is 1. The van der Waals surface area contributed by atoms with Crippen LogP contribution in [0, 0.1) is 5.92 Å². The van der Waals surface area contributed by atoms with Crippen LogP contribution in [0.2, 0.25) is 0 Å². The lowest BCUT2D eigenvalue weighted by Crippen LogP contribution is -2.41. The van der Waals surface area contributed by atoms with Crippen molar-refractivity contribution in [2.45, 2.75) is 51.6 Å². The SMILES string of the molecule is CCCN1CCCC(Oc2ccc(C(=O)C3CCC3)cc2)C1. The van der Waals surface area contributed by atoms with E-state index in [0.717, 1.165) is 43.7 Å². The number of piperidine rings is 1. The average Bonchev–Trinajstić information content (AvgIpc) is 2.47. The minimum Gasteiger partial charge on any atom is -0.489 e. The van der Waals surface area contributed by atoms with E-state index in [0.29, 0.717) is 5.78 Å². The normalized spacial score (nSPS) is 23.0. The number of likely N-dealkylation sites (tertiary alicyclic amines) is 1. The first-order valence-electron chi connectivity index (χ1n) is 8.79.